The van der Waals surface area contributed by atoms with E-state index in [9.17, 15) is 5.11 Å². The molecule has 0 radical (unpaired) electrons. The van der Waals surface area contributed by atoms with Gasteiger partial charge in [0.25, 0.3) is 0 Å². The van der Waals surface area contributed by atoms with Crippen LogP contribution < -0.4 is 5.73 Å². The second-order valence-corrected chi connectivity index (χ2v) is 7.18. The number of hydrogen-bond acceptors (Lipinski definition) is 6. The Morgan fingerprint density at radius 1 is 1.32 bits per heavy atom. The molecule has 28 heavy (non-hydrogen) atoms. The third kappa shape index (κ3) is 4.47. The normalized spacial score (nSPS) is 11.5. The van der Waals surface area contributed by atoms with Crippen molar-refractivity contribution in [3.8, 4) is 23.1 Å². The molecule has 0 atom stereocenters. The van der Waals surface area contributed by atoms with Crippen molar-refractivity contribution in [3.05, 3.63) is 35.9 Å². The lowest BCUT2D eigenvalue weighted by molar-refractivity contribution is 0.143. The number of aromatic nitrogens is 4. The molecule has 0 fully saturated rings. The molecule has 0 saturated heterocycles. The van der Waals surface area contributed by atoms with Gasteiger partial charge in [0, 0.05) is 43.6 Å². The van der Waals surface area contributed by atoms with Gasteiger partial charge in [0.05, 0.1) is 16.9 Å². The summed E-state index contributed by atoms with van der Waals surface area (Å²) in [4.78, 5) is 13.0. The lowest BCUT2D eigenvalue weighted by atomic mass is 10.1. The number of pyridine rings is 1. The minimum Gasteiger partial charge on any atom is -0.385 e. The van der Waals surface area contributed by atoms with E-state index in [1.54, 1.807) is 27.2 Å². The van der Waals surface area contributed by atoms with Crippen LogP contribution in [-0.2, 0) is 11.3 Å². The standard InChI is InChI=1S/C21H25N5O2/c1-14-19-16(12-15(24-14)6-8-21(2,3)27)17(13-26(19)10-5-11-28-4)18-7-9-23-20(22)25-18/h7,9,12-13,27H,5,10-11H2,1-4H3,(H2,22,23,25). The molecule has 0 amide bonds. The molecule has 3 heterocycles. The maximum absolute atomic E-state index is 9.90. The number of nitrogens with two attached hydrogens (primary N) is 1. The monoisotopic (exact) mass is 379 g/mol. The maximum atomic E-state index is 9.90. The van der Waals surface area contributed by atoms with Crippen LogP contribution in [-0.4, -0.2) is 43.9 Å². The summed E-state index contributed by atoms with van der Waals surface area (Å²) in [5.74, 6) is 6.02. The molecule has 0 aromatic carbocycles. The molecule has 7 heteroatoms. The average Bonchev–Trinajstić information content (AvgIpc) is 2.99. The number of hydrogen-bond donors (Lipinski definition) is 2. The van der Waals surface area contributed by atoms with Crippen molar-refractivity contribution in [1.29, 1.82) is 0 Å². The molecular formula is C21H25N5O2. The Morgan fingerprint density at radius 3 is 2.79 bits per heavy atom. The first-order valence-corrected chi connectivity index (χ1v) is 9.12. The van der Waals surface area contributed by atoms with Crippen molar-refractivity contribution < 1.29 is 9.84 Å². The fourth-order valence-electron chi connectivity index (χ4n) is 3.09. The van der Waals surface area contributed by atoms with Gasteiger partial charge in [-0.15, -0.1) is 0 Å². The van der Waals surface area contributed by atoms with Crippen molar-refractivity contribution in [1.82, 2.24) is 19.5 Å². The largest absolute Gasteiger partial charge is 0.385 e. The van der Waals surface area contributed by atoms with Crippen LogP contribution in [0.5, 0.6) is 0 Å². The zero-order valence-corrected chi connectivity index (χ0v) is 16.7. The number of nitrogen functional groups attached to an aromatic ring is 1. The molecule has 3 N–H and O–H groups in total. The minimum atomic E-state index is -1.08. The van der Waals surface area contributed by atoms with E-state index in [0.29, 0.717) is 12.3 Å². The molecule has 0 aliphatic heterocycles. The second kappa shape index (κ2) is 7.97. The van der Waals surface area contributed by atoms with Gasteiger partial charge in [0.2, 0.25) is 5.95 Å². The van der Waals surface area contributed by atoms with Crippen LogP contribution in [0.3, 0.4) is 0 Å². The van der Waals surface area contributed by atoms with Gasteiger partial charge >= 0.3 is 0 Å². The Morgan fingerprint density at radius 2 is 2.11 bits per heavy atom. The van der Waals surface area contributed by atoms with Crippen LogP contribution in [0.15, 0.2) is 24.5 Å². The highest BCUT2D eigenvalue weighted by atomic mass is 16.5. The summed E-state index contributed by atoms with van der Waals surface area (Å²) in [6.45, 7) is 6.72. The number of aryl methyl sites for hydroxylation is 2. The minimum absolute atomic E-state index is 0.227. The quantitative estimate of drug-likeness (QED) is 0.522. The number of nitrogens with zero attached hydrogens (tertiary/aromatic N) is 4. The molecule has 0 saturated carbocycles. The van der Waals surface area contributed by atoms with Crippen molar-refractivity contribution in [2.24, 2.45) is 0 Å². The maximum Gasteiger partial charge on any atom is 0.220 e. The SMILES string of the molecule is COCCCn1cc(-c2ccnc(N)n2)c2cc(C#CC(C)(C)O)nc(C)c21. The van der Waals surface area contributed by atoms with Crippen molar-refractivity contribution in [2.75, 3.05) is 19.5 Å². The number of anilines is 1. The van der Waals surface area contributed by atoms with Crippen LogP contribution in [0, 0.1) is 18.8 Å². The summed E-state index contributed by atoms with van der Waals surface area (Å²) in [5, 5.41) is 10.9. The summed E-state index contributed by atoms with van der Waals surface area (Å²) in [5.41, 5.74) is 8.89. The molecule has 146 valence electrons. The summed E-state index contributed by atoms with van der Waals surface area (Å²) in [7, 11) is 1.70. The topological polar surface area (TPSA) is 99.1 Å². The van der Waals surface area contributed by atoms with Crippen LogP contribution in [0.2, 0.25) is 0 Å². The molecule has 0 spiro atoms. The Bertz CT molecular complexity index is 1050. The summed E-state index contributed by atoms with van der Waals surface area (Å²) in [6.07, 6.45) is 4.59. The highest BCUT2D eigenvalue weighted by Crippen LogP contribution is 2.32. The van der Waals surface area contributed by atoms with Gasteiger partial charge in [0.15, 0.2) is 0 Å². The molecule has 3 aromatic heterocycles. The van der Waals surface area contributed by atoms with Crippen molar-refractivity contribution in [2.45, 2.75) is 39.3 Å². The highest BCUT2D eigenvalue weighted by Gasteiger charge is 2.16. The average molecular weight is 379 g/mol. The zero-order valence-electron chi connectivity index (χ0n) is 16.7. The first kappa shape index (κ1) is 19.8. The third-order valence-corrected chi connectivity index (χ3v) is 4.22. The Kier molecular flexibility index (Phi) is 5.63. The van der Waals surface area contributed by atoms with E-state index in [1.807, 2.05) is 19.1 Å². The fourth-order valence-corrected chi connectivity index (χ4v) is 3.09. The molecular weight excluding hydrogens is 354 g/mol. The molecule has 0 bridgehead atoms. The third-order valence-electron chi connectivity index (χ3n) is 4.22. The summed E-state index contributed by atoms with van der Waals surface area (Å²) in [6, 6.07) is 3.77. The van der Waals surface area contributed by atoms with Crippen LogP contribution in [0.25, 0.3) is 22.2 Å². The molecule has 0 unspecified atom stereocenters. The molecule has 3 aromatic rings. The van der Waals surface area contributed by atoms with Crippen LogP contribution >= 0.6 is 0 Å². The molecule has 0 aliphatic rings. The number of ether oxygens (including phenoxy) is 1. The second-order valence-electron chi connectivity index (χ2n) is 7.18. The number of aliphatic hydroxyl groups is 1. The van der Waals surface area contributed by atoms with Gasteiger partial charge in [-0.05, 0) is 45.2 Å². The first-order chi connectivity index (χ1) is 13.3. The Balaban J connectivity index is 2.19. The van der Waals surface area contributed by atoms with Crippen LogP contribution in [0.1, 0.15) is 31.7 Å². The molecule has 0 aliphatic carbocycles. The zero-order chi connectivity index (χ0) is 20.3. The van der Waals surface area contributed by atoms with Crippen molar-refractivity contribution >= 4 is 16.9 Å². The van der Waals surface area contributed by atoms with E-state index in [4.69, 9.17) is 10.5 Å². The molecule has 7 nitrogen and oxygen atoms in total. The number of rotatable bonds is 5. The fraction of sp³-hybridized carbons (Fsp3) is 0.381. The first-order valence-electron chi connectivity index (χ1n) is 9.12. The lowest BCUT2D eigenvalue weighted by Gasteiger charge is -2.08. The van der Waals surface area contributed by atoms with Gasteiger partial charge in [-0.25, -0.2) is 15.0 Å². The van der Waals surface area contributed by atoms with Gasteiger partial charge in [-0.1, -0.05) is 5.92 Å². The summed E-state index contributed by atoms with van der Waals surface area (Å²) < 4.78 is 7.35. The van der Waals surface area contributed by atoms with E-state index in [2.05, 4.69) is 37.6 Å². The Hall–Kier alpha value is -2.95. The van der Waals surface area contributed by atoms with E-state index < -0.39 is 5.60 Å². The van der Waals surface area contributed by atoms with Gasteiger partial charge in [0.1, 0.15) is 11.3 Å². The smallest absolute Gasteiger partial charge is 0.220 e. The van der Waals surface area contributed by atoms with Gasteiger partial charge < -0.3 is 20.1 Å². The predicted molar refractivity (Wildman–Crippen MR) is 110 cm³/mol. The van der Waals surface area contributed by atoms with Crippen molar-refractivity contribution in [3.63, 3.8) is 0 Å². The van der Waals surface area contributed by atoms with E-state index >= 15 is 0 Å². The lowest BCUT2D eigenvalue weighted by Crippen LogP contribution is -2.14. The highest BCUT2D eigenvalue weighted by molar-refractivity contribution is 5.97. The summed E-state index contributed by atoms with van der Waals surface area (Å²) >= 11 is 0. The van der Waals surface area contributed by atoms with E-state index in [1.165, 1.54) is 0 Å². The van der Waals surface area contributed by atoms with Gasteiger partial charge in [-0.3, -0.25) is 0 Å². The molecule has 3 rings (SSSR count). The Labute approximate surface area is 164 Å². The van der Waals surface area contributed by atoms with Crippen LogP contribution in [0.4, 0.5) is 5.95 Å². The number of methoxy groups -OCH3 is 1. The van der Waals surface area contributed by atoms with Gasteiger partial charge in [-0.2, -0.15) is 0 Å². The van der Waals surface area contributed by atoms with E-state index in [-0.39, 0.29) is 5.95 Å². The number of fused-ring (bicyclic) bond motifs is 1. The van der Waals surface area contributed by atoms with E-state index in [0.717, 1.165) is 40.8 Å². The predicted octanol–water partition coefficient (Wildman–Crippen LogP) is 2.54.